The van der Waals surface area contributed by atoms with E-state index < -0.39 is 0 Å². The number of amides is 1. The normalized spacial score (nSPS) is 15.7. The lowest BCUT2D eigenvalue weighted by molar-refractivity contribution is -0.122. The first-order chi connectivity index (χ1) is 13.2. The Morgan fingerprint density at radius 2 is 1.74 bits per heavy atom. The first kappa shape index (κ1) is 17.4. The molecule has 2 aromatic carbocycles. The molecule has 27 heavy (non-hydrogen) atoms. The highest BCUT2D eigenvalue weighted by atomic mass is 16.2. The fourth-order valence-electron chi connectivity index (χ4n) is 4.00. The largest absolute Gasteiger partial charge is 0.354 e. The van der Waals surface area contributed by atoms with E-state index >= 15 is 0 Å². The maximum absolute atomic E-state index is 12.5. The number of hydrogen-bond acceptors (Lipinski definition) is 4. The average Bonchev–Trinajstić information content (AvgIpc) is 3.20. The molecule has 1 aliphatic carbocycles. The Morgan fingerprint density at radius 1 is 1.04 bits per heavy atom. The monoisotopic (exact) mass is 362 g/mol. The van der Waals surface area contributed by atoms with Crippen LogP contribution in [-0.4, -0.2) is 27.4 Å². The number of fused-ring (bicyclic) bond motifs is 1. The first-order valence-electron chi connectivity index (χ1n) is 9.33. The summed E-state index contributed by atoms with van der Waals surface area (Å²) in [4.78, 5) is 25.0. The second-order valence-corrected chi connectivity index (χ2v) is 7.20. The molecule has 0 radical (unpaired) electrons. The first-order valence-corrected chi connectivity index (χ1v) is 9.33. The number of aromatic nitrogens is 3. The van der Waals surface area contributed by atoms with Crippen molar-refractivity contribution in [1.29, 1.82) is 0 Å². The van der Waals surface area contributed by atoms with Crippen LogP contribution in [0.3, 0.4) is 0 Å². The predicted molar refractivity (Wildman–Crippen MR) is 103 cm³/mol. The summed E-state index contributed by atoms with van der Waals surface area (Å²) in [5.41, 5.74) is 1.49. The van der Waals surface area contributed by atoms with Crippen LogP contribution < -0.4 is 10.9 Å². The summed E-state index contributed by atoms with van der Waals surface area (Å²) in [6.45, 7) is 0.452. The number of benzene rings is 2. The van der Waals surface area contributed by atoms with Gasteiger partial charge in [-0.25, -0.2) is 4.68 Å². The number of nitrogens with zero attached hydrogens (tertiary/aromatic N) is 3. The summed E-state index contributed by atoms with van der Waals surface area (Å²) >= 11 is 0. The van der Waals surface area contributed by atoms with Crippen LogP contribution in [0.5, 0.6) is 0 Å². The highest BCUT2D eigenvalue weighted by Crippen LogP contribution is 2.40. The van der Waals surface area contributed by atoms with Crippen molar-refractivity contribution in [2.75, 3.05) is 6.54 Å². The van der Waals surface area contributed by atoms with Gasteiger partial charge in [0.15, 0.2) is 0 Å². The van der Waals surface area contributed by atoms with E-state index in [2.05, 4.69) is 27.8 Å². The molecule has 138 valence electrons. The van der Waals surface area contributed by atoms with E-state index in [9.17, 15) is 9.59 Å². The molecule has 6 nitrogen and oxygen atoms in total. The molecule has 0 aliphatic heterocycles. The topological polar surface area (TPSA) is 76.9 Å². The summed E-state index contributed by atoms with van der Waals surface area (Å²) in [5, 5.41) is 11.4. The summed E-state index contributed by atoms with van der Waals surface area (Å²) < 4.78 is 1.13. The van der Waals surface area contributed by atoms with Crippen LogP contribution >= 0.6 is 0 Å². The molecule has 0 spiro atoms. The molecular weight excluding hydrogens is 340 g/mol. The van der Waals surface area contributed by atoms with Gasteiger partial charge in [0.25, 0.3) is 5.56 Å². The summed E-state index contributed by atoms with van der Waals surface area (Å²) in [7, 11) is 0. The van der Waals surface area contributed by atoms with Gasteiger partial charge in [0, 0.05) is 12.0 Å². The van der Waals surface area contributed by atoms with Gasteiger partial charge in [-0.05, 0) is 30.5 Å². The van der Waals surface area contributed by atoms with Crippen molar-refractivity contribution in [3.05, 3.63) is 70.5 Å². The average molecular weight is 362 g/mol. The van der Waals surface area contributed by atoms with E-state index in [1.54, 1.807) is 24.3 Å². The Morgan fingerprint density at radius 3 is 2.52 bits per heavy atom. The molecule has 0 unspecified atom stereocenters. The Balaban J connectivity index is 1.48. The van der Waals surface area contributed by atoms with Crippen LogP contribution in [0.4, 0.5) is 0 Å². The van der Waals surface area contributed by atoms with Crippen molar-refractivity contribution in [1.82, 2.24) is 20.3 Å². The summed E-state index contributed by atoms with van der Waals surface area (Å²) in [5.74, 6) is -0.219. The molecule has 0 saturated heterocycles. The minimum absolute atomic E-state index is 0.0169. The number of rotatable bonds is 5. The predicted octanol–water partition coefficient (Wildman–Crippen LogP) is 2.42. The van der Waals surface area contributed by atoms with Crippen LogP contribution in [0, 0.1) is 0 Å². The quantitative estimate of drug-likeness (QED) is 0.756. The van der Waals surface area contributed by atoms with Gasteiger partial charge < -0.3 is 5.32 Å². The van der Waals surface area contributed by atoms with E-state index in [4.69, 9.17) is 0 Å². The van der Waals surface area contributed by atoms with Gasteiger partial charge in [-0.2, -0.15) is 0 Å². The molecule has 1 fully saturated rings. The smallest absolute Gasteiger partial charge is 0.278 e. The van der Waals surface area contributed by atoms with Crippen molar-refractivity contribution in [3.8, 4) is 0 Å². The fourth-order valence-corrected chi connectivity index (χ4v) is 4.00. The van der Waals surface area contributed by atoms with Crippen molar-refractivity contribution in [2.24, 2.45) is 0 Å². The lowest BCUT2D eigenvalue weighted by Crippen LogP contribution is -2.41. The van der Waals surface area contributed by atoms with E-state index in [1.807, 2.05) is 18.2 Å². The molecular formula is C21H22N4O2. The van der Waals surface area contributed by atoms with Gasteiger partial charge in [-0.15, -0.1) is 5.10 Å². The van der Waals surface area contributed by atoms with Gasteiger partial charge in [-0.3, -0.25) is 9.59 Å². The van der Waals surface area contributed by atoms with Crippen molar-refractivity contribution >= 4 is 16.8 Å². The maximum atomic E-state index is 12.5. The second kappa shape index (κ2) is 7.31. The number of hydrogen-bond donors (Lipinski definition) is 1. The molecule has 3 aromatic rings. The standard InChI is InChI=1S/C21H22N4O2/c26-19(14-25-20(27)17-10-4-5-11-18(17)23-24-25)22-15-21(12-6-7-13-21)16-8-2-1-3-9-16/h1-5,8-11H,6-7,12-15H2,(H,22,26). The molecule has 4 rings (SSSR count). The zero-order chi connectivity index (χ0) is 18.7. The molecule has 1 heterocycles. The van der Waals surface area contributed by atoms with Gasteiger partial charge in [0.05, 0.1) is 5.39 Å². The third-order valence-corrected chi connectivity index (χ3v) is 5.49. The molecule has 6 heteroatoms. The number of carbonyl (C=O) groups excluding carboxylic acids is 1. The summed E-state index contributed by atoms with van der Waals surface area (Å²) in [6, 6.07) is 17.4. The molecule has 1 saturated carbocycles. The van der Waals surface area contributed by atoms with Crippen LogP contribution in [0.2, 0.25) is 0 Å². The molecule has 1 N–H and O–H groups in total. The Kier molecular flexibility index (Phi) is 4.71. The van der Waals surface area contributed by atoms with E-state index in [1.165, 1.54) is 18.4 Å². The lowest BCUT2D eigenvalue weighted by Gasteiger charge is -2.30. The highest BCUT2D eigenvalue weighted by molar-refractivity contribution is 5.78. The van der Waals surface area contributed by atoms with Crippen molar-refractivity contribution < 1.29 is 4.79 Å². The van der Waals surface area contributed by atoms with Gasteiger partial charge in [-0.1, -0.05) is 60.5 Å². The molecule has 1 aromatic heterocycles. The lowest BCUT2D eigenvalue weighted by atomic mass is 9.79. The van der Waals surface area contributed by atoms with Gasteiger partial charge >= 0.3 is 0 Å². The van der Waals surface area contributed by atoms with Crippen LogP contribution in [0.15, 0.2) is 59.4 Å². The highest BCUT2D eigenvalue weighted by Gasteiger charge is 2.35. The Hall–Kier alpha value is -3.02. The van der Waals surface area contributed by atoms with E-state index in [-0.39, 0.29) is 23.4 Å². The van der Waals surface area contributed by atoms with Crippen LogP contribution in [0.1, 0.15) is 31.2 Å². The Labute approximate surface area is 157 Å². The van der Waals surface area contributed by atoms with Gasteiger partial charge in [0.1, 0.15) is 12.1 Å². The third kappa shape index (κ3) is 3.47. The van der Waals surface area contributed by atoms with Crippen LogP contribution in [0.25, 0.3) is 10.9 Å². The third-order valence-electron chi connectivity index (χ3n) is 5.49. The van der Waals surface area contributed by atoms with Crippen LogP contribution in [-0.2, 0) is 16.8 Å². The van der Waals surface area contributed by atoms with Crippen molar-refractivity contribution in [2.45, 2.75) is 37.6 Å². The summed E-state index contributed by atoms with van der Waals surface area (Å²) in [6.07, 6.45) is 4.46. The van der Waals surface area contributed by atoms with E-state index in [0.29, 0.717) is 17.4 Å². The maximum Gasteiger partial charge on any atom is 0.278 e. The molecule has 1 amide bonds. The zero-order valence-corrected chi connectivity index (χ0v) is 15.1. The number of nitrogens with one attached hydrogen (secondary N) is 1. The van der Waals surface area contributed by atoms with Gasteiger partial charge in [0.2, 0.25) is 5.91 Å². The minimum atomic E-state index is -0.297. The molecule has 1 aliphatic rings. The van der Waals surface area contributed by atoms with Crippen molar-refractivity contribution in [3.63, 3.8) is 0 Å². The molecule has 0 bridgehead atoms. The molecule has 0 atom stereocenters. The minimum Gasteiger partial charge on any atom is -0.354 e. The SMILES string of the molecule is O=C(Cn1nnc2ccccc2c1=O)NCC1(c2ccccc2)CCCC1. The fraction of sp³-hybridized carbons (Fsp3) is 0.333. The second-order valence-electron chi connectivity index (χ2n) is 7.20. The number of carbonyl (C=O) groups is 1. The zero-order valence-electron chi connectivity index (χ0n) is 15.1. The Bertz CT molecular complexity index is 1010. The van der Waals surface area contributed by atoms with E-state index in [0.717, 1.165) is 17.5 Å².